The van der Waals surface area contributed by atoms with E-state index in [1.165, 1.54) is 25.7 Å². The van der Waals surface area contributed by atoms with Crippen LogP contribution in [-0.4, -0.2) is 21.3 Å². The van der Waals surface area contributed by atoms with Gasteiger partial charge in [-0.1, -0.05) is 34.8 Å². The van der Waals surface area contributed by atoms with Crippen molar-refractivity contribution in [1.29, 1.82) is 0 Å². The van der Waals surface area contributed by atoms with Crippen molar-refractivity contribution in [2.45, 2.75) is 30.5 Å². The Bertz CT molecular complexity index is 428. The van der Waals surface area contributed by atoms with E-state index >= 15 is 0 Å². The van der Waals surface area contributed by atoms with Crippen molar-refractivity contribution in [3.05, 3.63) is 17.7 Å². The lowest BCUT2D eigenvalue weighted by molar-refractivity contribution is 0.320. The van der Waals surface area contributed by atoms with Crippen molar-refractivity contribution >= 4 is 15.9 Å². The average molecular weight is 329 g/mol. The van der Waals surface area contributed by atoms with Gasteiger partial charge in [0.25, 0.3) is 0 Å². The van der Waals surface area contributed by atoms with Crippen molar-refractivity contribution in [3.8, 4) is 17.2 Å². The molecule has 1 aromatic rings. The normalized spacial score (nSPS) is 17.3. The van der Waals surface area contributed by atoms with Crippen LogP contribution in [0.2, 0.25) is 0 Å². The lowest BCUT2D eigenvalue weighted by Gasteiger charge is -2.22. The maximum Gasteiger partial charge on any atom is 0.203 e. The SMILES string of the molecule is COc1ccc(C(Br)C2CCCC2)c(OC)c1OC. The van der Waals surface area contributed by atoms with Crippen LogP contribution in [0.15, 0.2) is 12.1 Å². The minimum absolute atomic E-state index is 0.310. The number of rotatable bonds is 5. The summed E-state index contributed by atoms with van der Waals surface area (Å²) in [6.45, 7) is 0. The fourth-order valence-corrected chi connectivity index (χ4v) is 3.73. The highest BCUT2D eigenvalue weighted by atomic mass is 79.9. The molecule has 1 atom stereocenters. The molecule has 1 unspecified atom stereocenters. The van der Waals surface area contributed by atoms with Gasteiger partial charge in [-0.05, 0) is 24.8 Å². The molecule has 1 aliphatic rings. The monoisotopic (exact) mass is 328 g/mol. The van der Waals surface area contributed by atoms with E-state index in [1.807, 2.05) is 6.07 Å². The Hall–Kier alpha value is -0.900. The number of hydrogen-bond acceptors (Lipinski definition) is 3. The summed E-state index contributed by atoms with van der Waals surface area (Å²) in [5, 5.41) is 0. The smallest absolute Gasteiger partial charge is 0.203 e. The van der Waals surface area contributed by atoms with E-state index in [2.05, 4.69) is 22.0 Å². The van der Waals surface area contributed by atoms with Gasteiger partial charge < -0.3 is 14.2 Å². The molecule has 0 aliphatic heterocycles. The molecule has 1 aliphatic carbocycles. The molecule has 3 nitrogen and oxygen atoms in total. The zero-order valence-corrected chi connectivity index (χ0v) is 13.3. The molecule has 0 saturated heterocycles. The fraction of sp³-hybridized carbons (Fsp3) is 0.600. The van der Waals surface area contributed by atoms with Crippen LogP contribution in [0.4, 0.5) is 0 Å². The maximum atomic E-state index is 5.56. The van der Waals surface area contributed by atoms with Crippen molar-refractivity contribution in [3.63, 3.8) is 0 Å². The molecule has 1 aromatic carbocycles. The average Bonchev–Trinajstić information content (AvgIpc) is 2.98. The minimum atomic E-state index is 0.310. The molecular weight excluding hydrogens is 308 g/mol. The Morgan fingerprint density at radius 1 is 1.00 bits per heavy atom. The topological polar surface area (TPSA) is 27.7 Å². The van der Waals surface area contributed by atoms with E-state index in [9.17, 15) is 0 Å². The third-order valence-electron chi connectivity index (χ3n) is 3.85. The standard InChI is InChI=1S/C15H21BrO3/c1-17-12-9-8-11(14(18-2)15(12)19-3)13(16)10-6-4-5-7-10/h8-10,13H,4-7H2,1-3H3. The largest absolute Gasteiger partial charge is 0.493 e. The Kier molecular flexibility index (Phi) is 4.97. The van der Waals surface area contributed by atoms with Gasteiger partial charge in [0.05, 0.1) is 21.3 Å². The first-order chi connectivity index (χ1) is 9.22. The van der Waals surface area contributed by atoms with Gasteiger partial charge in [-0.2, -0.15) is 0 Å². The molecule has 106 valence electrons. The van der Waals surface area contributed by atoms with Gasteiger partial charge in [0.15, 0.2) is 11.5 Å². The molecule has 0 bridgehead atoms. The van der Waals surface area contributed by atoms with Crippen LogP contribution in [0.25, 0.3) is 0 Å². The highest BCUT2D eigenvalue weighted by Gasteiger charge is 2.28. The first-order valence-corrected chi connectivity index (χ1v) is 7.57. The third kappa shape index (κ3) is 2.83. The molecule has 0 heterocycles. The first-order valence-electron chi connectivity index (χ1n) is 6.65. The van der Waals surface area contributed by atoms with Crippen molar-refractivity contribution in [2.24, 2.45) is 5.92 Å². The lowest BCUT2D eigenvalue weighted by atomic mass is 9.96. The first kappa shape index (κ1) is 14.5. The van der Waals surface area contributed by atoms with E-state index in [-0.39, 0.29) is 0 Å². The Labute approximate surface area is 123 Å². The molecule has 1 saturated carbocycles. The third-order valence-corrected chi connectivity index (χ3v) is 5.09. The molecule has 1 fully saturated rings. The molecule has 0 aromatic heterocycles. The Balaban J connectivity index is 2.38. The van der Waals surface area contributed by atoms with Crippen molar-refractivity contribution in [1.82, 2.24) is 0 Å². The van der Waals surface area contributed by atoms with Gasteiger partial charge in [0.1, 0.15) is 0 Å². The number of benzene rings is 1. The summed E-state index contributed by atoms with van der Waals surface area (Å²) >= 11 is 3.84. The summed E-state index contributed by atoms with van der Waals surface area (Å²) in [5.41, 5.74) is 1.15. The summed E-state index contributed by atoms with van der Waals surface area (Å²) < 4.78 is 16.3. The van der Waals surface area contributed by atoms with Crippen LogP contribution in [-0.2, 0) is 0 Å². The van der Waals surface area contributed by atoms with E-state index in [4.69, 9.17) is 14.2 Å². The van der Waals surface area contributed by atoms with E-state index in [1.54, 1.807) is 21.3 Å². The zero-order valence-electron chi connectivity index (χ0n) is 11.7. The van der Waals surface area contributed by atoms with E-state index in [0.29, 0.717) is 22.2 Å². The van der Waals surface area contributed by atoms with Crippen LogP contribution < -0.4 is 14.2 Å². The van der Waals surface area contributed by atoms with Crippen LogP contribution >= 0.6 is 15.9 Å². The second kappa shape index (κ2) is 6.51. The van der Waals surface area contributed by atoms with Gasteiger partial charge >= 0.3 is 0 Å². The predicted molar refractivity (Wildman–Crippen MR) is 79.7 cm³/mol. The van der Waals surface area contributed by atoms with Gasteiger partial charge in [-0.15, -0.1) is 0 Å². The molecule has 0 N–H and O–H groups in total. The summed E-state index contributed by atoms with van der Waals surface area (Å²) in [6, 6.07) is 4.01. The number of methoxy groups -OCH3 is 3. The van der Waals surface area contributed by atoms with Gasteiger partial charge in [-0.3, -0.25) is 0 Å². The molecule has 0 spiro atoms. The second-order valence-electron chi connectivity index (χ2n) is 4.87. The maximum absolute atomic E-state index is 5.56. The van der Waals surface area contributed by atoms with Crippen molar-refractivity contribution < 1.29 is 14.2 Å². The molecule has 0 amide bonds. The predicted octanol–water partition coefficient (Wildman–Crippen LogP) is 4.34. The minimum Gasteiger partial charge on any atom is -0.493 e. The summed E-state index contributed by atoms with van der Waals surface area (Å²) in [6.07, 6.45) is 5.19. The van der Waals surface area contributed by atoms with Gasteiger partial charge in [0.2, 0.25) is 5.75 Å². The quantitative estimate of drug-likeness (QED) is 0.752. The Morgan fingerprint density at radius 2 is 1.63 bits per heavy atom. The van der Waals surface area contributed by atoms with Crippen LogP contribution in [0.5, 0.6) is 17.2 Å². The zero-order chi connectivity index (χ0) is 13.8. The summed E-state index contributed by atoms with van der Waals surface area (Å²) in [4.78, 5) is 0.310. The number of hydrogen-bond donors (Lipinski definition) is 0. The van der Waals surface area contributed by atoms with Crippen LogP contribution in [0.1, 0.15) is 36.1 Å². The fourth-order valence-electron chi connectivity index (χ4n) is 2.85. The summed E-state index contributed by atoms with van der Waals surface area (Å²) in [7, 11) is 4.96. The highest BCUT2D eigenvalue weighted by molar-refractivity contribution is 9.09. The van der Waals surface area contributed by atoms with E-state index in [0.717, 1.165) is 11.3 Å². The highest BCUT2D eigenvalue weighted by Crippen LogP contribution is 2.49. The molecule has 19 heavy (non-hydrogen) atoms. The Morgan fingerprint density at radius 3 is 2.16 bits per heavy atom. The van der Waals surface area contributed by atoms with Crippen molar-refractivity contribution in [2.75, 3.05) is 21.3 Å². The van der Waals surface area contributed by atoms with Gasteiger partial charge in [-0.25, -0.2) is 0 Å². The molecular formula is C15H21BrO3. The second-order valence-corrected chi connectivity index (χ2v) is 5.86. The number of ether oxygens (including phenoxy) is 3. The molecule has 4 heteroatoms. The lowest BCUT2D eigenvalue weighted by Crippen LogP contribution is -2.06. The molecule has 0 radical (unpaired) electrons. The number of alkyl halides is 1. The van der Waals surface area contributed by atoms with Crippen LogP contribution in [0, 0.1) is 5.92 Å². The van der Waals surface area contributed by atoms with Gasteiger partial charge in [0, 0.05) is 10.4 Å². The van der Waals surface area contributed by atoms with E-state index < -0.39 is 0 Å². The van der Waals surface area contributed by atoms with Crippen LogP contribution in [0.3, 0.4) is 0 Å². The number of halogens is 1. The molecule has 2 rings (SSSR count). The summed E-state index contributed by atoms with van der Waals surface area (Å²) in [5.74, 6) is 2.82.